The van der Waals surface area contributed by atoms with Crippen molar-refractivity contribution in [2.75, 3.05) is 22.9 Å². The van der Waals surface area contributed by atoms with Gasteiger partial charge in [-0.1, -0.05) is 44.0 Å². The van der Waals surface area contributed by atoms with E-state index in [9.17, 15) is 0 Å². The summed E-state index contributed by atoms with van der Waals surface area (Å²) < 4.78 is 2.35. The molecule has 0 N–H and O–H groups in total. The topological polar surface area (TPSA) is 6.48 Å². The molecule has 2 unspecified atom stereocenters. The van der Waals surface area contributed by atoms with Crippen LogP contribution >= 0.6 is 31.9 Å². The molecule has 2 atom stereocenters. The largest absolute Gasteiger partial charge is 0.366 e. The molecule has 0 spiro atoms. The lowest BCUT2D eigenvalue weighted by Gasteiger charge is -2.48. The molecular formula is C22H26Br2N2. The van der Waals surface area contributed by atoms with Gasteiger partial charge in [0.25, 0.3) is 0 Å². The molecule has 2 nitrogen and oxygen atoms in total. The normalized spacial score (nSPS) is 23.9. The summed E-state index contributed by atoms with van der Waals surface area (Å²) in [4.78, 5) is 5.35. The van der Waals surface area contributed by atoms with Gasteiger partial charge in [0.05, 0.1) is 0 Å². The van der Waals surface area contributed by atoms with Crippen LogP contribution in [0.5, 0.6) is 0 Å². The molecule has 0 bridgehead atoms. The van der Waals surface area contributed by atoms with E-state index in [-0.39, 0.29) is 0 Å². The van der Waals surface area contributed by atoms with E-state index in [1.165, 1.54) is 71.9 Å². The van der Waals surface area contributed by atoms with Crippen LogP contribution in [0.3, 0.4) is 0 Å². The van der Waals surface area contributed by atoms with Crippen LogP contribution in [0.25, 0.3) is 0 Å². The van der Waals surface area contributed by atoms with Crippen molar-refractivity contribution in [3.05, 3.63) is 57.5 Å². The second kappa shape index (κ2) is 8.35. The van der Waals surface area contributed by atoms with Crippen molar-refractivity contribution in [3.8, 4) is 0 Å². The van der Waals surface area contributed by atoms with Crippen molar-refractivity contribution < 1.29 is 0 Å². The van der Waals surface area contributed by atoms with E-state index >= 15 is 0 Å². The van der Waals surface area contributed by atoms with Gasteiger partial charge in [-0.15, -0.1) is 0 Å². The Bertz CT molecular complexity index is 685. The molecule has 0 saturated carbocycles. The van der Waals surface area contributed by atoms with E-state index in [0.717, 1.165) is 0 Å². The summed E-state index contributed by atoms with van der Waals surface area (Å²) in [7, 11) is 0. The Morgan fingerprint density at radius 2 is 1.12 bits per heavy atom. The third kappa shape index (κ3) is 3.96. The number of hydrogen-bond acceptors (Lipinski definition) is 2. The first-order chi connectivity index (χ1) is 12.7. The zero-order valence-corrected chi connectivity index (χ0v) is 18.3. The average Bonchev–Trinajstić information content (AvgIpc) is 2.68. The molecule has 2 aliphatic rings. The zero-order chi connectivity index (χ0) is 17.9. The van der Waals surface area contributed by atoms with Gasteiger partial charge in [0.2, 0.25) is 0 Å². The maximum atomic E-state index is 3.66. The van der Waals surface area contributed by atoms with Crippen LogP contribution < -0.4 is 9.80 Å². The third-order valence-electron chi connectivity index (χ3n) is 5.82. The summed E-state index contributed by atoms with van der Waals surface area (Å²) in [5.41, 5.74) is 2.73. The summed E-state index contributed by atoms with van der Waals surface area (Å²) in [6, 6.07) is 18.9. The molecule has 4 rings (SSSR count). The number of benzene rings is 2. The van der Waals surface area contributed by atoms with Crippen molar-refractivity contribution in [1.82, 2.24) is 0 Å². The zero-order valence-electron chi connectivity index (χ0n) is 15.1. The number of piperidine rings is 2. The SMILES string of the molecule is Brc1cccc(N2CCCCC2C2CCCCN2c2cccc(Br)c2)c1. The number of rotatable bonds is 3. The van der Waals surface area contributed by atoms with Gasteiger partial charge in [-0.25, -0.2) is 0 Å². The minimum absolute atomic E-state index is 0.595. The Kier molecular flexibility index (Phi) is 5.90. The van der Waals surface area contributed by atoms with Gasteiger partial charge in [0, 0.05) is 45.5 Å². The molecule has 2 fully saturated rings. The quantitative estimate of drug-likeness (QED) is 0.489. The average molecular weight is 478 g/mol. The number of anilines is 2. The minimum atomic E-state index is 0.595. The summed E-state index contributed by atoms with van der Waals surface area (Å²) >= 11 is 7.32. The van der Waals surface area contributed by atoms with Crippen LogP contribution in [-0.2, 0) is 0 Å². The van der Waals surface area contributed by atoms with Crippen molar-refractivity contribution >= 4 is 43.2 Å². The second-order valence-electron chi connectivity index (χ2n) is 7.47. The Balaban J connectivity index is 1.65. The predicted molar refractivity (Wildman–Crippen MR) is 118 cm³/mol. The van der Waals surface area contributed by atoms with E-state index in [4.69, 9.17) is 0 Å². The minimum Gasteiger partial charge on any atom is -0.366 e. The molecule has 2 aromatic rings. The summed E-state index contributed by atoms with van der Waals surface area (Å²) in [6.45, 7) is 2.34. The standard InChI is InChI=1S/C22H26Br2N2/c23-17-7-5-9-19(15-17)25-13-3-1-11-21(25)22-12-2-4-14-26(22)20-10-6-8-18(24)16-20/h5-10,15-16,21-22H,1-4,11-14H2. The smallest absolute Gasteiger partial charge is 0.0493 e. The first kappa shape index (κ1) is 18.4. The highest BCUT2D eigenvalue weighted by Gasteiger charge is 2.35. The molecule has 0 aromatic heterocycles. The summed E-state index contributed by atoms with van der Waals surface area (Å²) in [5, 5.41) is 0. The highest BCUT2D eigenvalue weighted by molar-refractivity contribution is 9.10. The fourth-order valence-corrected chi connectivity index (χ4v) is 5.44. The van der Waals surface area contributed by atoms with E-state index < -0.39 is 0 Å². The number of nitrogens with zero attached hydrogens (tertiary/aromatic N) is 2. The monoisotopic (exact) mass is 476 g/mol. The highest BCUT2D eigenvalue weighted by atomic mass is 79.9. The first-order valence-corrected chi connectivity index (χ1v) is 11.4. The van der Waals surface area contributed by atoms with Crippen LogP contribution in [0.1, 0.15) is 38.5 Å². The Morgan fingerprint density at radius 3 is 1.54 bits per heavy atom. The van der Waals surface area contributed by atoms with E-state index in [0.29, 0.717) is 12.1 Å². The lowest BCUT2D eigenvalue weighted by Crippen LogP contribution is -2.56. The summed E-state index contributed by atoms with van der Waals surface area (Å²) in [6.07, 6.45) is 7.87. The molecule has 2 aromatic carbocycles. The molecule has 0 aliphatic carbocycles. The Morgan fingerprint density at radius 1 is 0.654 bits per heavy atom. The Labute approximate surface area is 173 Å². The summed E-state index contributed by atoms with van der Waals surface area (Å²) in [5.74, 6) is 0. The molecule has 0 radical (unpaired) electrons. The first-order valence-electron chi connectivity index (χ1n) is 9.77. The lowest BCUT2D eigenvalue weighted by molar-refractivity contribution is 0.338. The van der Waals surface area contributed by atoms with E-state index in [1.54, 1.807) is 0 Å². The van der Waals surface area contributed by atoms with Crippen LogP contribution in [-0.4, -0.2) is 25.2 Å². The van der Waals surface area contributed by atoms with Gasteiger partial charge in [-0.2, -0.15) is 0 Å². The fraction of sp³-hybridized carbons (Fsp3) is 0.455. The van der Waals surface area contributed by atoms with E-state index in [2.05, 4.69) is 90.2 Å². The maximum Gasteiger partial charge on any atom is 0.0493 e. The van der Waals surface area contributed by atoms with E-state index in [1.807, 2.05) is 0 Å². The lowest BCUT2D eigenvalue weighted by atomic mass is 9.88. The molecule has 138 valence electrons. The van der Waals surface area contributed by atoms with Gasteiger partial charge in [0.15, 0.2) is 0 Å². The van der Waals surface area contributed by atoms with Gasteiger partial charge in [-0.05, 0) is 74.9 Å². The highest BCUT2D eigenvalue weighted by Crippen LogP contribution is 2.35. The fourth-order valence-electron chi connectivity index (χ4n) is 4.67. The van der Waals surface area contributed by atoms with Gasteiger partial charge in [0.1, 0.15) is 0 Å². The Hall–Kier alpha value is -1.00. The van der Waals surface area contributed by atoms with Crippen LogP contribution in [0.2, 0.25) is 0 Å². The molecule has 2 heterocycles. The van der Waals surface area contributed by atoms with Crippen molar-refractivity contribution in [2.24, 2.45) is 0 Å². The molecule has 2 saturated heterocycles. The van der Waals surface area contributed by atoms with Crippen molar-refractivity contribution in [1.29, 1.82) is 0 Å². The molecule has 26 heavy (non-hydrogen) atoms. The molecule has 4 heteroatoms. The van der Waals surface area contributed by atoms with Gasteiger partial charge < -0.3 is 9.80 Å². The third-order valence-corrected chi connectivity index (χ3v) is 6.81. The second-order valence-corrected chi connectivity index (χ2v) is 9.30. The van der Waals surface area contributed by atoms with Crippen LogP contribution in [0, 0.1) is 0 Å². The van der Waals surface area contributed by atoms with Crippen LogP contribution in [0.15, 0.2) is 57.5 Å². The maximum absolute atomic E-state index is 3.66. The molecular weight excluding hydrogens is 452 g/mol. The number of halogens is 2. The van der Waals surface area contributed by atoms with Gasteiger partial charge >= 0.3 is 0 Å². The molecule has 0 amide bonds. The van der Waals surface area contributed by atoms with Crippen molar-refractivity contribution in [3.63, 3.8) is 0 Å². The van der Waals surface area contributed by atoms with Crippen molar-refractivity contribution in [2.45, 2.75) is 50.6 Å². The van der Waals surface area contributed by atoms with Gasteiger partial charge in [-0.3, -0.25) is 0 Å². The van der Waals surface area contributed by atoms with Crippen LogP contribution in [0.4, 0.5) is 11.4 Å². The predicted octanol–water partition coefficient (Wildman–Crippen LogP) is 6.63. The molecule has 2 aliphatic heterocycles. The number of hydrogen-bond donors (Lipinski definition) is 0.